The zero-order chi connectivity index (χ0) is 17.7. The van der Waals surface area contributed by atoms with Gasteiger partial charge in [0.05, 0.1) is 23.9 Å². The normalized spacial score (nSPS) is 10.5. The lowest BCUT2D eigenvalue weighted by molar-refractivity contribution is -0.118. The van der Waals surface area contributed by atoms with Crippen molar-refractivity contribution in [3.8, 4) is 5.75 Å². The smallest absolute Gasteiger partial charge is 0.262 e. The summed E-state index contributed by atoms with van der Waals surface area (Å²) in [7, 11) is 0. The molecule has 2 aromatic rings. The molecule has 0 aliphatic rings. The molecular formula is C17H17ClFNO4. The van der Waals surface area contributed by atoms with E-state index in [1.807, 2.05) is 6.92 Å². The first-order valence-corrected chi connectivity index (χ1v) is 7.54. The molecule has 0 fully saturated rings. The summed E-state index contributed by atoms with van der Waals surface area (Å²) in [5, 5.41) is 21.6. The van der Waals surface area contributed by atoms with E-state index in [9.17, 15) is 19.4 Å². The van der Waals surface area contributed by atoms with E-state index in [0.29, 0.717) is 10.7 Å². The van der Waals surface area contributed by atoms with E-state index in [4.69, 9.17) is 16.3 Å². The highest BCUT2D eigenvalue weighted by atomic mass is 35.5. The lowest BCUT2D eigenvalue weighted by Crippen LogP contribution is -2.21. The molecule has 0 spiro atoms. The average Bonchev–Trinajstić information content (AvgIpc) is 2.55. The minimum absolute atomic E-state index is 0.0894. The Labute approximate surface area is 143 Å². The average molecular weight is 354 g/mol. The molecule has 2 rings (SSSR count). The van der Waals surface area contributed by atoms with Crippen molar-refractivity contribution >= 4 is 23.2 Å². The molecule has 2 aromatic carbocycles. The standard InChI is InChI=1S/C17H17ClFNO4/c1-10-2-3-15(14(18)4-10)20-16(23)9-24-17-11(7-21)5-13(19)6-12(17)8-22/h2-6,21-22H,7-9H2,1H3,(H,20,23). The van der Waals surface area contributed by atoms with Crippen LogP contribution in [-0.4, -0.2) is 22.7 Å². The van der Waals surface area contributed by atoms with Crippen LogP contribution in [0.3, 0.4) is 0 Å². The van der Waals surface area contributed by atoms with Crippen molar-refractivity contribution in [1.82, 2.24) is 0 Å². The molecule has 3 N–H and O–H groups in total. The molecule has 0 saturated heterocycles. The number of aryl methyl sites for hydroxylation is 1. The van der Waals surface area contributed by atoms with Gasteiger partial charge in [-0.2, -0.15) is 0 Å². The monoisotopic (exact) mass is 353 g/mol. The highest BCUT2D eigenvalue weighted by Gasteiger charge is 2.14. The number of amides is 1. The zero-order valence-corrected chi connectivity index (χ0v) is 13.7. The highest BCUT2D eigenvalue weighted by Crippen LogP contribution is 2.26. The molecule has 0 aliphatic carbocycles. The molecule has 0 radical (unpaired) electrons. The Balaban J connectivity index is 2.09. The Hall–Kier alpha value is -2.15. The Morgan fingerprint density at radius 3 is 2.38 bits per heavy atom. The maximum absolute atomic E-state index is 13.4. The van der Waals surface area contributed by atoms with Gasteiger partial charge >= 0.3 is 0 Å². The van der Waals surface area contributed by atoms with Crippen molar-refractivity contribution in [2.45, 2.75) is 20.1 Å². The van der Waals surface area contributed by atoms with Crippen molar-refractivity contribution in [3.63, 3.8) is 0 Å². The van der Waals surface area contributed by atoms with Crippen LogP contribution in [-0.2, 0) is 18.0 Å². The van der Waals surface area contributed by atoms with Gasteiger partial charge in [-0.05, 0) is 36.8 Å². The summed E-state index contributed by atoms with van der Waals surface area (Å²) in [6.07, 6.45) is 0. The first kappa shape index (κ1) is 18.2. The van der Waals surface area contributed by atoms with Gasteiger partial charge in [0.25, 0.3) is 5.91 Å². The number of hydrogen-bond donors (Lipinski definition) is 3. The van der Waals surface area contributed by atoms with E-state index in [1.54, 1.807) is 18.2 Å². The molecule has 0 bridgehead atoms. The van der Waals surface area contributed by atoms with Gasteiger partial charge in [0.15, 0.2) is 6.61 Å². The number of nitrogens with one attached hydrogen (secondary N) is 1. The van der Waals surface area contributed by atoms with Crippen LogP contribution in [0, 0.1) is 12.7 Å². The third-order valence-corrected chi connectivity index (χ3v) is 3.61. The highest BCUT2D eigenvalue weighted by molar-refractivity contribution is 6.33. The largest absolute Gasteiger partial charge is 0.483 e. The molecule has 24 heavy (non-hydrogen) atoms. The number of benzene rings is 2. The van der Waals surface area contributed by atoms with Crippen molar-refractivity contribution in [3.05, 3.63) is 57.9 Å². The Kier molecular flexibility index (Phi) is 6.14. The van der Waals surface area contributed by atoms with Gasteiger partial charge in [-0.1, -0.05) is 17.7 Å². The molecule has 5 nitrogen and oxygen atoms in total. The topological polar surface area (TPSA) is 78.8 Å². The van der Waals surface area contributed by atoms with E-state index in [2.05, 4.69) is 5.32 Å². The Morgan fingerprint density at radius 2 is 1.83 bits per heavy atom. The van der Waals surface area contributed by atoms with Crippen LogP contribution >= 0.6 is 11.6 Å². The van der Waals surface area contributed by atoms with E-state index in [-0.39, 0.29) is 23.5 Å². The second-order valence-electron chi connectivity index (χ2n) is 5.19. The zero-order valence-electron chi connectivity index (χ0n) is 13.0. The summed E-state index contributed by atoms with van der Waals surface area (Å²) in [4.78, 5) is 12.0. The number of rotatable bonds is 6. The number of hydrogen-bond acceptors (Lipinski definition) is 4. The Morgan fingerprint density at radius 1 is 1.21 bits per heavy atom. The van der Waals surface area contributed by atoms with Gasteiger partial charge < -0.3 is 20.3 Å². The van der Waals surface area contributed by atoms with E-state index in [1.165, 1.54) is 0 Å². The summed E-state index contributed by atoms with van der Waals surface area (Å²) in [6, 6.07) is 7.36. The summed E-state index contributed by atoms with van der Waals surface area (Å²) >= 11 is 6.04. The maximum atomic E-state index is 13.4. The van der Waals surface area contributed by atoms with Crippen LogP contribution in [0.15, 0.2) is 30.3 Å². The molecule has 1 amide bonds. The fraction of sp³-hybridized carbons (Fsp3) is 0.235. The number of carbonyl (C=O) groups excluding carboxylic acids is 1. The van der Waals surface area contributed by atoms with Gasteiger partial charge in [-0.25, -0.2) is 4.39 Å². The third kappa shape index (κ3) is 4.44. The van der Waals surface area contributed by atoms with Gasteiger partial charge in [0, 0.05) is 11.1 Å². The molecular weight excluding hydrogens is 337 g/mol. The van der Waals surface area contributed by atoms with Crippen LogP contribution in [0.4, 0.5) is 10.1 Å². The quantitative estimate of drug-likeness (QED) is 0.746. The summed E-state index contributed by atoms with van der Waals surface area (Å²) in [6.45, 7) is 0.537. The molecule has 0 unspecified atom stereocenters. The minimum Gasteiger partial charge on any atom is -0.483 e. The van der Waals surface area contributed by atoms with E-state index in [0.717, 1.165) is 17.7 Å². The molecule has 128 valence electrons. The van der Waals surface area contributed by atoms with Crippen molar-refractivity contribution in [1.29, 1.82) is 0 Å². The number of aliphatic hydroxyl groups is 2. The third-order valence-electron chi connectivity index (χ3n) is 3.29. The predicted molar refractivity (Wildman–Crippen MR) is 88.6 cm³/mol. The van der Waals surface area contributed by atoms with Crippen molar-refractivity contribution in [2.24, 2.45) is 0 Å². The van der Waals surface area contributed by atoms with Gasteiger partial charge in [-0.3, -0.25) is 4.79 Å². The summed E-state index contributed by atoms with van der Waals surface area (Å²) in [5.41, 5.74) is 1.71. The minimum atomic E-state index is -0.605. The van der Waals surface area contributed by atoms with Gasteiger partial charge in [-0.15, -0.1) is 0 Å². The molecule has 0 aliphatic heterocycles. The second-order valence-corrected chi connectivity index (χ2v) is 5.60. The molecule has 7 heteroatoms. The van der Waals surface area contributed by atoms with Crippen molar-refractivity contribution < 1.29 is 24.1 Å². The molecule has 0 aromatic heterocycles. The molecule has 0 atom stereocenters. The first-order chi connectivity index (χ1) is 11.4. The van der Waals surface area contributed by atoms with Crippen LogP contribution in [0.5, 0.6) is 5.75 Å². The molecule has 0 heterocycles. The SMILES string of the molecule is Cc1ccc(NC(=O)COc2c(CO)cc(F)cc2CO)c(Cl)c1. The first-order valence-electron chi connectivity index (χ1n) is 7.16. The van der Waals surface area contributed by atoms with Crippen molar-refractivity contribution in [2.75, 3.05) is 11.9 Å². The predicted octanol–water partition coefficient (Wildman–Crippen LogP) is 2.79. The number of carbonyl (C=O) groups is 1. The second kappa shape index (κ2) is 8.10. The number of anilines is 1. The maximum Gasteiger partial charge on any atom is 0.262 e. The number of ether oxygens (including phenoxy) is 1. The Bertz CT molecular complexity index is 726. The van der Waals surface area contributed by atoms with Gasteiger partial charge in [0.1, 0.15) is 11.6 Å². The lowest BCUT2D eigenvalue weighted by atomic mass is 10.1. The van der Waals surface area contributed by atoms with E-state index < -0.39 is 24.9 Å². The van der Waals surface area contributed by atoms with Crippen LogP contribution in [0.2, 0.25) is 5.02 Å². The van der Waals surface area contributed by atoms with Crippen LogP contribution in [0.25, 0.3) is 0 Å². The fourth-order valence-electron chi connectivity index (χ4n) is 2.18. The van der Waals surface area contributed by atoms with Crippen LogP contribution < -0.4 is 10.1 Å². The summed E-state index contributed by atoms with van der Waals surface area (Å²) < 4.78 is 18.7. The van der Waals surface area contributed by atoms with E-state index >= 15 is 0 Å². The summed E-state index contributed by atoms with van der Waals surface area (Å²) in [5.74, 6) is -0.990. The van der Waals surface area contributed by atoms with Gasteiger partial charge in [0.2, 0.25) is 0 Å². The molecule has 0 saturated carbocycles. The fourth-order valence-corrected chi connectivity index (χ4v) is 2.46. The number of aliphatic hydroxyl groups excluding tert-OH is 2. The lowest BCUT2D eigenvalue weighted by Gasteiger charge is -2.14. The number of halogens is 2. The van der Waals surface area contributed by atoms with Crippen LogP contribution in [0.1, 0.15) is 16.7 Å².